The minimum atomic E-state index is -0.396. The van der Waals surface area contributed by atoms with Crippen molar-refractivity contribution in [3.05, 3.63) is 64.2 Å². The lowest BCUT2D eigenvalue weighted by atomic mass is 10.2. The highest BCUT2D eigenvalue weighted by molar-refractivity contribution is 14.0. The maximum Gasteiger partial charge on any atom is 0.269 e. The van der Waals surface area contributed by atoms with Gasteiger partial charge in [0, 0.05) is 63.7 Å². The number of piperazine rings is 1. The van der Waals surface area contributed by atoms with Crippen molar-refractivity contribution in [3.63, 3.8) is 0 Å². The molecule has 2 aromatic carbocycles. The zero-order chi connectivity index (χ0) is 22.1. The number of halogens is 1. The Labute approximate surface area is 205 Å². The average Bonchev–Trinajstić information content (AvgIpc) is 2.82. The molecule has 0 aliphatic carbocycles. The monoisotopic (exact) mass is 555 g/mol. The number of nitrogens with zero attached hydrogens (tertiary/aromatic N) is 4. The predicted molar refractivity (Wildman–Crippen MR) is 136 cm³/mol. The first kappa shape index (κ1) is 25.7. The van der Waals surface area contributed by atoms with E-state index in [1.165, 1.54) is 12.1 Å². The molecule has 32 heavy (non-hydrogen) atoms. The van der Waals surface area contributed by atoms with Crippen LogP contribution >= 0.6 is 24.0 Å². The Morgan fingerprint density at radius 3 is 2.47 bits per heavy atom. The third-order valence-corrected chi connectivity index (χ3v) is 5.15. The van der Waals surface area contributed by atoms with Crippen LogP contribution in [0.3, 0.4) is 0 Å². The van der Waals surface area contributed by atoms with Crippen LogP contribution in [-0.4, -0.2) is 69.3 Å². The van der Waals surface area contributed by atoms with E-state index < -0.39 is 4.92 Å². The molecule has 1 aliphatic rings. The Morgan fingerprint density at radius 1 is 1.12 bits per heavy atom. The second kappa shape index (κ2) is 13.1. The molecule has 0 aromatic heterocycles. The minimum absolute atomic E-state index is 0. The van der Waals surface area contributed by atoms with Crippen molar-refractivity contribution in [1.29, 1.82) is 0 Å². The van der Waals surface area contributed by atoms with Crippen LogP contribution in [-0.2, 0) is 11.3 Å². The molecule has 10 heteroatoms. The molecular weight excluding hydrogens is 525 g/mol. The normalized spacial score (nSPS) is 14.0. The van der Waals surface area contributed by atoms with Gasteiger partial charge in [-0.1, -0.05) is 18.2 Å². The summed E-state index contributed by atoms with van der Waals surface area (Å²) in [6, 6.07) is 14.6. The predicted octanol–water partition coefficient (Wildman–Crippen LogP) is 3.14. The number of hydrogen-bond acceptors (Lipinski definition) is 6. The minimum Gasteiger partial charge on any atom is -0.497 e. The first-order chi connectivity index (χ1) is 15.1. The molecule has 1 N–H and O–H groups in total. The summed E-state index contributed by atoms with van der Waals surface area (Å²) in [6.07, 6.45) is 0. The van der Waals surface area contributed by atoms with Gasteiger partial charge in [0.05, 0.1) is 25.2 Å². The Kier molecular flexibility index (Phi) is 10.5. The van der Waals surface area contributed by atoms with Crippen LogP contribution in [0.15, 0.2) is 53.5 Å². The highest BCUT2D eigenvalue weighted by atomic mass is 127. The summed E-state index contributed by atoms with van der Waals surface area (Å²) < 4.78 is 10.5. The molecule has 0 bridgehead atoms. The van der Waals surface area contributed by atoms with Crippen molar-refractivity contribution in [2.24, 2.45) is 4.99 Å². The van der Waals surface area contributed by atoms with E-state index in [0.717, 1.165) is 49.1 Å². The topological polar surface area (TPSA) is 92.5 Å². The SMILES string of the molecule is COCCNC(=NCc1ccc([N+](=O)[O-])cc1)N1CCN(c2cccc(OC)c2)CC1.I. The van der Waals surface area contributed by atoms with Crippen molar-refractivity contribution in [2.45, 2.75) is 6.54 Å². The maximum absolute atomic E-state index is 10.8. The van der Waals surface area contributed by atoms with Crippen molar-refractivity contribution in [3.8, 4) is 5.75 Å². The molecule has 1 saturated heterocycles. The molecule has 3 rings (SSSR count). The molecular formula is C22H30IN5O4. The zero-order valence-corrected chi connectivity index (χ0v) is 20.7. The van der Waals surface area contributed by atoms with Gasteiger partial charge in [-0.05, 0) is 17.7 Å². The summed E-state index contributed by atoms with van der Waals surface area (Å²) in [5.41, 5.74) is 2.15. The molecule has 0 atom stereocenters. The van der Waals surface area contributed by atoms with Gasteiger partial charge in [0.1, 0.15) is 5.75 Å². The van der Waals surface area contributed by atoms with Gasteiger partial charge in [-0.2, -0.15) is 0 Å². The summed E-state index contributed by atoms with van der Waals surface area (Å²) in [7, 11) is 3.35. The van der Waals surface area contributed by atoms with E-state index in [0.29, 0.717) is 19.7 Å². The van der Waals surface area contributed by atoms with Gasteiger partial charge < -0.3 is 24.6 Å². The number of aliphatic imine (C=N–C) groups is 1. The lowest BCUT2D eigenvalue weighted by Gasteiger charge is -2.37. The lowest BCUT2D eigenvalue weighted by molar-refractivity contribution is -0.384. The van der Waals surface area contributed by atoms with Crippen LogP contribution in [0.1, 0.15) is 5.56 Å². The van der Waals surface area contributed by atoms with Crippen LogP contribution in [0, 0.1) is 10.1 Å². The van der Waals surface area contributed by atoms with Gasteiger partial charge in [-0.3, -0.25) is 10.1 Å². The van der Waals surface area contributed by atoms with E-state index in [2.05, 4.69) is 27.2 Å². The number of nitro benzene ring substituents is 1. The fourth-order valence-corrected chi connectivity index (χ4v) is 3.41. The van der Waals surface area contributed by atoms with Crippen molar-refractivity contribution in [1.82, 2.24) is 10.2 Å². The molecule has 1 aliphatic heterocycles. The molecule has 0 unspecified atom stereocenters. The molecule has 0 amide bonds. The number of methoxy groups -OCH3 is 2. The highest BCUT2D eigenvalue weighted by Gasteiger charge is 2.20. The number of anilines is 1. The van der Waals surface area contributed by atoms with Gasteiger partial charge in [0.25, 0.3) is 5.69 Å². The van der Waals surface area contributed by atoms with Gasteiger partial charge in [0.15, 0.2) is 5.96 Å². The number of rotatable bonds is 8. The van der Waals surface area contributed by atoms with Gasteiger partial charge in [-0.25, -0.2) is 4.99 Å². The number of benzene rings is 2. The third-order valence-electron chi connectivity index (χ3n) is 5.15. The second-order valence-corrected chi connectivity index (χ2v) is 7.16. The highest BCUT2D eigenvalue weighted by Crippen LogP contribution is 2.22. The van der Waals surface area contributed by atoms with Gasteiger partial charge in [0.2, 0.25) is 0 Å². The van der Waals surface area contributed by atoms with Crippen LogP contribution < -0.4 is 15.0 Å². The number of hydrogen-bond donors (Lipinski definition) is 1. The number of guanidine groups is 1. The van der Waals surface area contributed by atoms with Crippen molar-refractivity contribution >= 4 is 41.3 Å². The van der Waals surface area contributed by atoms with E-state index in [1.807, 2.05) is 12.1 Å². The molecule has 1 fully saturated rings. The Balaban J connectivity index is 0.00000363. The number of non-ortho nitro benzene ring substituents is 1. The van der Waals surface area contributed by atoms with Crippen LogP contribution in [0.5, 0.6) is 5.75 Å². The first-order valence-electron chi connectivity index (χ1n) is 10.2. The van der Waals surface area contributed by atoms with Crippen LogP contribution in [0.25, 0.3) is 0 Å². The average molecular weight is 555 g/mol. The Bertz CT molecular complexity index is 886. The molecule has 0 radical (unpaired) electrons. The lowest BCUT2D eigenvalue weighted by Crippen LogP contribution is -2.53. The van der Waals surface area contributed by atoms with E-state index >= 15 is 0 Å². The molecule has 174 valence electrons. The van der Waals surface area contributed by atoms with Crippen LogP contribution in [0.4, 0.5) is 11.4 Å². The van der Waals surface area contributed by atoms with Crippen LogP contribution in [0.2, 0.25) is 0 Å². The number of nitrogens with one attached hydrogen (secondary N) is 1. The Hall–Kier alpha value is -2.60. The van der Waals surface area contributed by atoms with Gasteiger partial charge >= 0.3 is 0 Å². The summed E-state index contributed by atoms with van der Waals surface area (Å²) in [5, 5.41) is 14.2. The quantitative estimate of drug-likeness (QED) is 0.134. The third kappa shape index (κ3) is 7.23. The first-order valence-corrected chi connectivity index (χ1v) is 10.2. The molecule has 0 spiro atoms. The molecule has 0 saturated carbocycles. The summed E-state index contributed by atoms with van der Waals surface area (Å²) >= 11 is 0. The molecule has 2 aromatic rings. The smallest absolute Gasteiger partial charge is 0.269 e. The van der Waals surface area contributed by atoms with Crippen molar-refractivity contribution < 1.29 is 14.4 Å². The summed E-state index contributed by atoms with van der Waals surface area (Å²) in [4.78, 5) is 19.8. The summed E-state index contributed by atoms with van der Waals surface area (Å²) in [5.74, 6) is 1.67. The second-order valence-electron chi connectivity index (χ2n) is 7.16. The standard InChI is InChI=1S/C22H29N5O4.HI/c1-30-15-10-23-22(24-17-18-6-8-19(9-7-18)27(28)29)26-13-11-25(12-14-26)20-4-3-5-21(16-20)31-2;/h3-9,16H,10-15,17H2,1-2H3,(H,23,24);1H. The van der Waals surface area contributed by atoms with E-state index in [9.17, 15) is 10.1 Å². The molecule has 9 nitrogen and oxygen atoms in total. The fraction of sp³-hybridized carbons (Fsp3) is 0.409. The maximum atomic E-state index is 10.8. The molecule has 1 heterocycles. The van der Waals surface area contributed by atoms with E-state index in [-0.39, 0.29) is 29.7 Å². The number of nitro groups is 1. The van der Waals surface area contributed by atoms with E-state index in [1.54, 1.807) is 26.4 Å². The largest absolute Gasteiger partial charge is 0.497 e. The number of ether oxygens (including phenoxy) is 2. The zero-order valence-electron chi connectivity index (χ0n) is 18.4. The van der Waals surface area contributed by atoms with Crippen molar-refractivity contribution in [2.75, 3.05) is 58.5 Å². The van der Waals surface area contributed by atoms with Gasteiger partial charge in [-0.15, -0.1) is 24.0 Å². The summed E-state index contributed by atoms with van der Waals surface area (Å²) in [6.45, 7) is 5.09. The fourth-order valence-electron chi connectivity index (χ4n) is 3.41. The van der Waals surface area contributed by atoms with E-state index in [4.69, 9.17) is 14.5 Å². The Morgan fingerprint density at radius 2 is 1.84 bits per heavy atom.